The lowest BCUT2D eigenvalue weighted by Gasteiger charge is -2.15. The summed E-state index contributed by atoms with van der Waals surface area (Å²) in [4.78, 5) is 51.5. The van der Waals surface area contributed by atoms with E-state index in [1.54, 1.807) is 24.3 Å². The van der Waals surface area contributed by atoms with Gasteiger partial charge in [0.05, 0.1) is 17.9 Å². The summed E-state index contributed by atoms with van der Waals surface area (Å²) in [5.41, 5.74) is 2.19. The van der Waals surface area contributed by atoms with Crippen molar-refractivity contribution in [1.29, 1.82) is 0 Å². The Morgan fingerprint density at radius 1 is 0.892 bits per heavy atom. The molecule has 3 aromatic carbocycles. The molecule has 1 heterocycles. The summed E-state index contributed by atoms with van der Waals surface area (Å²) < 4.78 is 5.10. The molecule has 188 valence electrons. The number of carbonyl (C=O) groups is 4. The van der Waals surface area contributed by atoms with E-state index >= 15 is 0 Å². The Labute approximate surface area is 218 Å². The highest BCUT2D eigenvalue weighted by Gasteiger charge is 2.39. The first kappa shape index (κ1) is 25.7. The molecular formula is C28H24ClN3O5. The highest BCUT2D eigenvalue weighted by molar-refractivity contribution is 6.53. The van der Waals surface area contributed by atoms with Crippen LogP contribution in [0.3, 0.4) is 0 Å². The van der Waals surface area contributed by atoms with Crippen molar-refractivity contribution in [2.45, 2.75) is 19.9 Å². The molecule has 37 heavy (non-hydrogen) atoms. The smallest absolute Gasteiger partial charge is 0.338 e. The minimum Gasteiger partial charge on any atom is -0.462 e. The SMILES string of the molecule is CCCOC(=O)c1ccc(N2C(=O)C(Cl)=C(Nc3cccc(C(=O)NCc4ccccc4)c3)C2=O)cc1. The molecule has 9 heteroatoms. The van der Waals surface area contributed by atoms with Gasteiger partial charge in [-0.25, -0.2) is 9.69 Å². The fourth-order valence-corrected chi connectivity index (χ4v) is 3.85. The number of imide groups is 1. The van der Waals surface area contributed by atoms with Crippen LogP contribution in [0.4, 0.5) is 11.4 Å². The van der Waals surface area contributed by atoms with Gasteiger partial charge in [-0.15, -0.1) is 0 Å². The van der Waals surface area contributed by atoms with E-state index in [2.05, 4.69) is 10.6 Å². The maximum atomic E-state index is 13.1. The highest BCUT2D eigenvalue weighted by Crippen LogP contribution is 2.30. The zero-order chi connectivity index (χ0) is 26.4. The van der Waals surface area contributed by atoms with Crippen LogP contribution in [-0.2, 0) is 20.9 Å². The van der Waals surface area contributed by atoms with Crippen molar-refractivity contribution in [3.05, 3.63) is 106 Å². The summed E-state index contributed by atoms with van der Waals surface area (Å²) in [6.07, 6.45) is 0.696. The van der Waals surface area contributed by atoms with Crippen molar-refractivity contribution in [2.75, 3.05) is 16.8 Å². The van der Waals surface area contributed by atoms with Gasteiger partial charge in [0, 0.05) is 17.8 Å². The van der Waals surface area contributed by atoms with Crippen LogP contribution in [0.2, 0.25) is 0 Å². The fraction of sp³-hybridized carbons (Fsp3) is 0.143. The van der Waals surface area contributed by atoms with Crippen LogP contribution in [0.1, 0.15) is 39.6 Å². The largest absolute Gasteiger partial charge is 0.462 e. The predicted octanol–water partition coefficient (Wildman–Crippen LogP) is 4.62. The van der Waals surface area contributed by atoms with Crippen LogP contribution in [0.15, 0.2) is 89.6 Å². The molecule has 3 amide bonds. The van der Waals surface area contributed by atoms with E-state index in [9.17, 15) is 19.2 Å². The molecule has 0 saturated heterocycles. The predicted molar refractivity (Wildman–Crippen MR) is 140 cm³/mol. The number of ether oxygens (including phenoxy) is 1. The topological polar surface area (TPSA) is 105 Å². The average molecular weight is 518 g/mol. The molecule has 0 atom stereocenters. The van der Waals surface area contributed by atoms with Gasteiger partial charge in [0.1, 0.15) is 10.7 Å². The van der Waals surface area contributed by atoms with Crippen LogP contribution >= 0.6 is 11.6 Å². The standard InChI is InChI=1S/C28H24ClN3O5/c1-2-15-37-28(36)19-11-13-22(14-12-19)32-26(34)23(29)24(27(32)35)31-21-10-6-9-20(16-21)25(33)30-17-18-7-4-3-5-8-18/h3-14,16,31H,2,15,17H2,1H3,(H,30,33). The molecule has 2 N–H and O–H groups in total. The number of hydrogen-bond donors (Lipinski definition) is 2. The summed E-state index contributed by atoms with van der Waals surface area (Å²) in [5, 5.41) is 5.44. The Hall–Kier alpha value is -4.43. The minimum absolute atomic E-state index is 0.111. The Kier molecular flexibility index (Phi) is 8.00. The molecule has 8 nitrogen and oxygen atoms in total. The number of benzene rings is 3. The van der Waals surface area contributed by atoms with E-state index in [0.717, 1.165) is 10.5 Å². The number of hydrogen-bond acceptors (Lipinski definition) is 6. The van der Waals surface area contributed by atoms with Crippen molar-refractivity contribution < 1.29 is 23.9 Å². The third-order valence-corrected chi connectivity index (χ3v) is 5.87. The van der Waals surface area contributed by atoms with Crippen molar-refractivity contribution in [3.63, 3.8) is 0 Å². The number of amides is 3. The molecule has 0 aromatic heterocycles. The van der Waals surface area contributed by atoms with Crippen molar-refractivity contribution >= 4 is 46.7 Å². The van der Waals surface area contributed by atoms with Gasteiger partial charge in [0.2, 0.25) is 0 Å². The van der Waals surface area contributed by atoms with Crippen LogP contribution in [0.5, 0.6) is 0 Å². The maximum absolute atomic E-state index is 13.1. The van der Waals surface area contributed by atoms with Gasteiger partial charge in [-0.3, -0.25) is 14.4 Å². The molecule has 1 aliphatic heterocycles. The molecule has 0 unspecified atom stereocenters. The number of nitrogens with one attached hydrogen (secondary N) is 2. The molecule has 0 aliphatic carbocycles. The molecular weight excluding hydrogens is 494 g/mol. The summed E-state index contributed by atoms with van der Waals surface area (Å²) in [6.45, 7) is 2.56. The minimum atomic E-state index is -0.702. The van der Waals surface area contributed by atoms with Crippen LogP contribution in [-0.4, -0.2) is 30.3 Å². The van der Waals surface area contributed by atoms with Crippen molar-refractivity contribution in [3.8, 4) is 0 Å². The van der Waals surface area contributed by atoms with Gasteiger partial charge in [0.15, 0.2) is 0 Å². The Morgan fingerprint density at radius 2 is 1.62 bits per heavy atom. The van der Waals surface area contributed by atoms with Crippen LogP contribution in [0, 0.1) is 0 Å². The first-order chi connectivity index (χ1) is 17.9. The third-order valence-electron chi connectivity index (χ3n) is 5.52. The first-order valence-electron chi connectivity index (χ1n) is 11.6. The van der Waals surface area contributed by atoms with E-state index in [0.29, 0.717) is 36.4 Å². The Balaban J connectivity index is 1.45. The van der Waals surface area contributed by atoms with Gasteiger partial charge in [-0.05, 0) is 54.4 Å². The molecule has 0 bridgehead atoms. The maximum Gasteiger partial charge on any atom is 0.338 e. The van der Waals surface area contributed by atoms with Crippen molar-refractivity contribution in [1.82, 2.24) is 5.32 Å². The number of anilines is 2. The van der Waals surface area contributed by atoms with Crippen LogP contribution < -0.4 is 15.5 Å². The summed E-state index contributed by atoms with van der Waals surface area (Å²) in [6, 6.07) is 21.9. The summed E-state index contributed by atoms with van der Waals surface area (Å²) >= 11 is 6.23. The fourth-order valence-electron chi connectivity index (χ4n) is 3.63. The zero-order valence-corrected chi connectivity index (χ0v) is 20.7. The number of esters is 1. The van der Waals surface area contributed by atoms with E-state index in [1.165, 1.54) is 24.3 Å². The Morgan fingerprint density at radius 3 is 2.32 bits per heavy atom. The second-order valence-electron chi connectivity index (χ2n) is 8.19. The van der Waals surface area contributed by atoms with Gasteiger partial charge in [0.25, 0.3) is 17.7 Å². The number of rotatable bonds is 9. The van der Waals surface area contributed by atoms with Gasteiger partial charge >= 0.3 is 5.97 Å². The highest BCUT2D eigenvalue weighted by atomic mass is 35.5. The quantitative estimate of drug-likeness (QED) is 0.317. The average Bonchev–Trinajstić information content (AvgIpc) is 3.14. The third kappa shape index (κ3) is 5.87. The number of halogens is 1. The van der Waals surface area contributed by atoms with E-state index in [4.69, 9.17) is 16.3 Å². The van der Waals surface area contributed by atoms with Crippen molar-refractivity contribution in [2.24, 2.45) is 0 Å². The molecule has 0 fully saturated rings. The van der Waals surface area contributed by atoms with Gasteiger partial charge < -0.3 is 15.4 Å². The van der Waals surface area contributed by atoms with Crippen LogP contribution in [0.25, 0.3) is 0 Å². The van der Waals surface area contributed by atoms with E-state index in [1.807, 2.05) is 37.3 Å². The second-order valence-corrected chi connectivity index (χ2v) is 8.57. The van der Waals surface area contributed by atoms with Gasteiger partial charge in [-0.1, -0.05) is 54.9 Å². The van der Waals surface area contributed by atoms with E-state index < -0.39 is 17.8 Å². The molecule has 0 saturated carbocycles. The number of nitrogens with zero attached hydrogens (tertiary/aromatic N) is 1. The molecule has 3 aromatic rings. The lowest BCUT2D eigenvalue weighted by Crippen LogP contribution is -2.32. The summed E-state index contributed by atoms with van der Waals surface area (Å²) in [5.74, 6) is -2.14. The molecule has 4 rings (SSSR count). The number of carbonyl (C=O) groups excluding carboxylic acids is 4. The summed E-state index contributed by atoms with van der Waals surface area (Å²) in [7, 11) is 0. The first-order valence-corrected chi connectivity index (χ1v) is 12.0. The lowest BCUT2D eigenvalue weighted by molar-refractivity contribution is -0.120. The zero-order valence-electron chi connectivity index (χ0n) is 20.0. The van der Waals surface area contributed by atoms with Gasteiger partial charge in [-0.2, -0.15) is 0 Å². The Bertz CT molecular complexity index is 1370. The van der Waals surface area contributed by atoms with E-state index in [-0.39, 0.29) is 22.3 Å². The monoisotopic (exact) mass is 517 g/mol. The molecule has 0 radical (unpaired) electrons. The molecule has 0 spiro atoms. The molecule has 1 aliphatic rings. The normalized spacial score (nSPS) is 13.1. The lowest BCUT2D eigenvalue weighted by atomic mass is 10.1. The second kappa shape index (κ2) is 11.5.